The molecule has 2 nitrogen and oxygen atoms in total. The number of hydrogen-bond donors (Lipinski definition) is 1. The lowest BCUT2D eigenvalue weighted by Gasteiger charge is -2.23. The van der Waals surface area contributed by atoms with Crippen LogP contribution in [0.5, 0.6) is 0 Å². The molecule has 4 atom stereocenters. The zero-order chi connectivity index (χ0) is 11.1. The second-order valence-corrected chi connectivity index (χ2v) is 5.79. The molecule has 0 amide bonds. The van der Waals surface area contributed by atoms with Crippen molar-refractivity contribution >= 4 is 11.6 Å². The van der Waals surface area contributed by atoms with Crippen molar-refractivity contribution in [3.63, 3.8) is 0 Å². The van der Waals surface area contributed by atoms with Crippen molar-refractivity contribution in [3.8, 4) is 0 Å². The lowest BCUT2D eigenvalue weighted by atomic mass is 9.84. The lowest BCUT2D eigenvalue weighted by molar-refractivity contribution is 0.283. The minimum atomic E-state index is 0.0249. The van der Waals surface area contributed by atoms with E-state index >= 15 is 0 Å². The van der Waals surface area contributed by atoms with Crippen molar-refractivity contribution in [1.29, 1.82) is 0 Å². The highest BCUT2D eigenvalue weighted by molar-refractivity contribution is 6.28. The van der Waals surface area contributed by atoms with Gasteiger partial charge < -0.3 is 10.2 Å². The van der Waals surface area contributed by atoms with Crippen LogP contribution < -0.4 is 5.73 Å². The Kier molecular flexibility index (Phi) is 2.72. The van der Waals surface area contributed by atoms with E-state index in [1.165, 1.54) is 25.7 Å². The molecule has 2 fully saturated rings. The number of hydrogen-bond acceptors (Lipinski definition) is 2. The molecule has 16 heavy (non-hydrogen) atoms. The van der Waals surface area contributed by atoms with Gasteiger partial charge in [0.25, 0.3) is 0 Å². The number of rotatable bonds is 3. The summed E-state index contributed by atoms with van der Waals surface area (Å²) >= 11 is 5.76. The van der Waals surface area contributed by atoms with Crippen LogP contribution in [0.4, 0.5) is 0 Å². The van der Waals surface area contributed by atoms with Crippen molar-refractivity contribution in [1.82, 2.24) is 0 Å². The molecular formula is C13H18ClNO. The maximum absolute atomic E-state index is 6.17. The first-order valence-corrected chi connectivity index (χ1v) is 6.61. The van der Waals surface area contributed by atoms with Gasteiger partial charge in [0.1, 0.15) is 5.76 Å². The largest absolute Gasteiger partial charge is 0.448 e. The fraction of sp³-hybridized carbons (Fsp3) is 0.692. The lowest BCUT2D eigenvalue weighted by Crippen LogP contribution is -2.19. The van der Waals surface area contributed by atoms with Crippen molar-refractivity contribution in [3.05, 3.63) is 23.1 Å². The summed E-state index contributed by atoms with van der Waals surface area (Å²) in [5.74, 6) is 3.58. The highest BCUT2D eigenvalue weighted by Crippen LogP contribution is 2.50. The maximum atomic E-state index is 6.17. The Morgan fingerprint density at radius 2 is 2.25 bits per heavy atom. The van der Waals surface area contributed by atoms with Crippen LogP contribution in [0.3, 0.4) is 0 Å². The van der Waals surface area contributed by atoms with E-state index in [1.807, 2.05) is 6.07 Å². The van der Waals surface area contributed by atoms with E-state index in [1.54, 1.807) is 6.07 Å². The highest BCUT2D eigenvalue weighted by Gasteiger charge is 2.40. The van der Waals surface area contributed by atoms with E-state index in [4.69, 9.17) is 21.8 Å². The summed E-state index contributed by atoms with van der Waals surface area (Å²) in [5.41, 5.74) is 6.17. The Balaban J connectivity index is 1.62. The van der Waals surface area contributed by atoms with E-state index in [-0.39, 0.29) is 6.04 Å². The van der Waals surface area contributed by atoms with Gasteiger partial charge in [-0.3, -0.25) is 0 Å². The Labute approximate surface area is 101 Å². The molecule has 0 spiro atoms. The third-order valence-corrected chi connectivity index (χ3v) is 4.60. The van der Waals surface area contributed by atoms with Gasteiger partial charge in [-0.15, -0.1) is 0 Å². The predicted octanol–water partition coefficient (Wildman–Crippen LogP) is 3.76. The second kappa shape index (κ2) is 4.08. The van der Waals surface area contributed by atoms with E-state index in [0.717, 1.165) is 29.9 Å². The molecule has 2 N–H and O–H groups in total. The Bertz CT molecular complexity index is 376. The van der Waals surface area contributed by atoms with Crippen LogP contribution >= 0.6 is 11.6 Å². The summed E-state index contributed by atoms with van der Waals surface area (Å²) < 4.78 is 5.38. The molecule has 2 aliphatic carbocycles. The second-order valence-electron chi connectivity index (χ2n) is 5.42. The summed E-state index contributed by atoms with van der Waals surface area (Å²) in [6.07, 6.45) is 6.75. The van der Waals surface area contributed by atoms with Gasteiger partial charge in [0.15, 0.2) is 5.22 Å². The quantitative estimate of drug-likeness (QED) is 0.872. The molecule has 1 aromatic rings. The first-order chi connectivity index (χ1) is 7.72. The van der Waals surface area contributed by atoms with Crippen LogP contribution in [0.1, 0.15) is 43.9 Å². The van der Waals surface area contributed by atoms with Gasteiger partial charge >= 0.3 is 0 Å². The van der Waals surface area contributed by atoms with Crippen LogP contribution in [-0.2, 0) is 0 Å². The summed E-state index contributed by atoms with van der Waals surface area (Å²) in [6.45, 7) is 0. The van der Waals surface area contributed by atoms with E-state index < -0.39 is 0 Å². The molecule has 3 rings (SSSR count). The maximum Gasteiger partial charge on any atom is 0.193 e. The topological polar surface area (TPSA) is 39.2 Å². The normalized spacial score (nSPS) is 34.5. The van der Waals surface area contributed by atoms with Crippen LogP contribution in [0.15, 0.2) is 16.5 Å². The third kappa shape index (κ3) is 1.89. The molecule has 88 valence electrons. The molecule has 2 aliphatic rings. The highest BCUT2D eigenvalue weighted by atomic mass is 35.5. The van der Waals surface area contributed by atoms with Gasteiger partial charge in [0.2, 0.25) is 0 Å². The molecule has 0 aliphatic heterocycles. The van der Waals surface area contributed by atoms with Gasteiger partial charge in [-0.05, 0) is 67.2 Å². The molecule has 2 saturated carbocycles. The Morgan fingerprint density at radius 1 is 1.38 bits per heavy atom. The van der Waals surface area contributed by atoms with Crippen molar-refractivity contribution in [2.45, 2.75) is 38.1 Å². The van der Waals surface area contributed by atoms with Crippen LogP contribution in [0.2, 0.25) is 5.22 Å². The van der Waals surface area contributed by atoms with E-state index in [9.17, 15) is 0 Å². The van der Waals surface area contributed by atoms with Crippen molar-refractivity contribution in [2.24, 2.45) is 23.5 Å². The van der Waals surface area contributed by atoms with Gasteiger partial charge in [-0.1, -0.05) is 6.42 Å². The van der Waals surface area contributed by atoms with Crippen molar-refractivity contribution < 1.29 is 4.42 Å². The smallest absolute Gasteiger partial charge is 0.193 e. The minimum Gasteiger partial charge on any atom is -0.448 e. The SMILES string of the molecule is NC(CC1CC2CCC1C2)c1ccc(Cl)o1. The fourth-order valence-corrected chi connectivity index (χ4v) is 3.79. The number of halogens is 1. The number of furan rings is 1. The average Bonchev–Trinajstić information content (AvgIpc) is 2.92. The first-order valence-electron chi connectivity index (χ1n) is 6.23. The van der Waals surface area contributed by atoms with Gasteiger partial charge in [-0.25, -0.2) is 0 Å². The van der Waals surface area contributed by atoms with Gasteiger partial charge in [-0.2, -0.15) is 0 Å². The monoisotopic (exact) mass is 239 g/mol. The fourth-order valence-electron chi connectivity index (χ4n) is 3.64. The van der Waals surface area contributed by atoms with Crippen LogP contribution in [0.25, 0.3) is 0 Å². The standard InChI is InChI=1S/C13H18ClNO/c14-13-4-3-12(16-13)11(15)7-10-6-8-1-2-9(10)5-8/h3-4,8-11H,1-2,5-7,15H2. The molecule has 4 unspecified atom stereocenters. The zero-order valence-electron chi connectivity index (χ0n) is 9.36. The summed E-state index contributed by atoms with van der Waals surface area (Å²) in [6, 6.07) is 3.70. The molecule has 1 heterocycles. The molecular weight excluding hydrogens is 222 g/mol. The third-order valence-electron chi connectivity index (χ3n) is 4.40. The first kappa shape index (κ1) is 10.7. The van der Waals surface area contributed by atoms with Gasteiger partial charge in [0, 0.05) is 0 Å². The molecule has 2 bridgehead atoms. The number of fused-ring (bicyclic) bond motifs is 2. The molecule has 3 heteroatoms. The van der Waals surface area contributed by atoms with E-state index in [0.29, 0.717) is 5.22 Å². The average molecular weight is 240 g/mol. The Hall–Kier alpha value is -0.470. The van der Waals surface area contributed by atoms with Crippen LogP contribution in [0, 0.1) is 17.8 Å². The predicted molar refractivity (Wildman–Crippen MR) is 64.2 cm³/mol. The molecule has 0 radical (unpaired) electrons. The number of nitrogens with two attached hydrogens (primary N) is 1. The van der Waals surface area contributed by atoms with Gasteiger partial charge in [0.05, 0.1) is 6.04 Å². The summed E-state index contributed by atoms with van der Waals surface area (Å²) in [5, 5.41) is 0.443. The molecule has 0 saturated heterocycles. The summed E-state index contributed by atoms with van der Waals surface area (Å²) in [4.78, 5) is 0. The van der Waals surface area contributed by atoms with Crippen molar-refractivity contribution in [2.75, 3.05) is 0 Å². The van der Waals surface area contributed by atoms with Crippen LogP contribution in [-0.4, -0.2) is 0 Å². The van der Waals surface area contributed by atoms with E-state index in [2.05, 4.69) is 0 Å². The Morgan fingerprint density at radius 3 is 2.81 bits per heavy atom. The minimum absolute atomic E-state index is 0.0249. The molecule has 0 aromatic carbocycles. The summed E-state index contributed by atoms with van der Waals surface area (Å²) in [7, 11) is 0. The molecule has 1 aromatic heterocycles. The zero-order valence-corrected chi connectivity index (χ0v) is 10.1.